The fourth-order valence-electron chi connectivity index (χ4n) is 2.38. The number of hydrogen-bond acceptors (Lipinski definition) is 3. The van der Waals surface area contributed by atoms with Gasteiger partial charge in [-0.15, -0.1) is 0 Å². The number of rotatable bonds is 4. The summed E-state index contributed by atoms with van der Waals surface area (Å²) in [4.78, 5) is 15.7. The van der Waals surface area contributed by atoms with Crippen molar-refractivity contribution in [3.63, 3.8) is 0 Å². The largest absolute Gasteiger partial charge is 0.480 e. The SMILES string of the molecule is CN1CCN([C@H](Cc2ccccc2Cl)C(=O)O)CC1. The van der Waals surface area contributed by atoms with Crippen LogP contribution in [0.3, 0.4) is 0 Å². The van der Waals surface area contributed by atoms with Crippen molar-refractivity contribution in [1.82, 2.24) is 9.80 Å². The van der Waals surface area contributed by atoms with Gasteiger partial charge in [0.2, 0.25) is 0 Å². The predicted octanol–water partition coefficient (Wildman–Crippen LogP) is 1.58. The van der Waals surface area contributed by atoms with Gasteiger partial charge in [0.05, 0.1) is 0 Å². The second kappa shape index (κ2) is 6.37. The molecule has 1 aliphatic heterocycles. The summed E-state index contributed by atoms with van der Waals surface area (Å²) in [5, 5.41) is 10.1. The van der Waals surface area contributed by atoms with E-state index in [1.54, 1.807) is 6.07 Å². The quantitative estimate of drug-likeness (QED) is 0.911. The van der Waals surface area contributed by atoms with Crippen LogP contribution in [0.5, 0.6) is 0 Å². The Morgan fingerprint density at radius 1 is 1.32 bits per heavy atom. The van der Waals surface area contributed by atoms with E-state index < -0.39 is 12.0 Å². The number of halogens is 1. The number of piperazine rings is 1. The smallest absolute Gasteiger partial charge is 0.321 e. The average Bonchev–Trinajstić information content (AvgIpc) is 2.39. The number of likely N-dealkylation sites (N-methyl/N-ethyl adjacent to an activating group) is 1. The van der Waals surface area contributed by atoms with Gasteiger partial charge in [-0.3, -0.25) is 9.69 Å². The summed E-state index contributed by atoms with van der Waals surface area (Å²) in [6.07, 6.45) is 0.457. The molecule has 104 valence electrons. The fourth-order valence-corrected chi connectivity index (χ4v) is 2.59. The second-order valence-corrected chi connectivity index (χ2v) is 5.40. The maximum atomic E-state index is 11.5. The zero-order valence-corrected chi connectivity index (χ0v) is 11.8. The summed E-state index contributed by atoms with van der Waals surface area (Å²) in [5.41, 5.74) is 0.899. The molecule has 0 saturated carbocycles. The molecule has 1 N–H and O–H groups in total. The Balaban J connectivity index is 2.09. The van der Waals surface area contributed by atoms with E-state index in [2.05, 4.69) is 11.9 Å². The van der Waals surface area contributed by atoms with Crippen molar-refractivity contribution in [2.75, 3.05) is 33.2 Å². The topological polar surface area (TPSA) is 43.8 Å². The number of benzene rings is 1. The van der Waals surface area contributed by atoms with E-state index in [1.807, 2.05) is 23.1 Å². The molecule has 2 rings (SSSR count). The van der Waals surface area contributed by atoms with E-state index in [1.165, 1.54) is 0 Å². The van der Waals surface area contributed by atoms with Crippen molar-refractivity contribution in [2.24, 2.45) is 0 Å². The van der Waals surface area contributed by atoms with Gasteiger partial charge in [0.1, 0.15) is 6.04 Å². The van der Waals surface area contributed by atoms with Crippen LogP contribution in [0.15, 0.2) is 24.3 Å². The number of nitrogens with zero attached hydrogens (tertiary/aromatic N) is 2. The number of hydrogen-bond donors (Lipinski definition) is 1. The summed E-state index contributed by atoms with van der Waals surface area (Å²) in [5.74, 6) is -0.774. The van der Waals surface area contributed by atoms with Gasteiger partial charge in [-0.2, -0.15) is 0 Å². The van der Waals surface area contributed by atoms with Crippen molar-refractivity contribution in [3.8, 4) is 0 Å². The van der Waals surface area contributed by atoms with E-state index in [-0.39, 0.29) is 0 Å². The summed E-state index contributed by atoms with van der Waals surface area (Å²) in [6, 6.07) is 6.96. The van der Waals surface area contributed by atoms with E-state index in [4.69, 9.17) is 11.6 Å². The van der Waals surface area contributed by atoms with E-state index in [9.17, 15) is 9.90 Å². The molecule has 1 aromatic rings. The lowest BCUT2D eigenvalue weighted by atomic mass is 10.0. The first kappa shape index (κ1) is 14.3. The molecule has 1 atom stereocenters. The minimum absolute atomic E-state index is 0.457. The first-order chi connectivity index (χ1) is 9.08. The van der Waals surface area contributed by atoms with Crippen LogP contribution in [0.1, 0.15) is 5.56 Å². The van der Waals surface area contributed by atoms with Gasteiger partial charge in [0.25, 0.3) is 0 Å². The molecule has 1 heterocycles. The van der Waals surface area contributed by atoms with Crippen LogP contribution in [0, 0.1) is 0 Å². The molecule has 0 spiro atoms. The molecule has 0 aliphatic carbocycles. The minimum Gasteiger partial charge on any atom is -0.480 e. The van der Waals surface area contributed by atoms with Gasteiger partial charge >= 0.3 is 5.97 Å². The standard InChI is InChI=1S/C14H19ClN2O2/c1-16-6-8-17(9-7-16)13(14(18)19)10-11-4-2-3-5-12(11)15/h2-5,13H,6-10H2,1H3,(H,18,19)/t13-/m1/s1. The molecule has 0 bridgehead atoms. The van der Waals surface area contributed by atoms with Crippen molar-refractivity contribution in [3.05, 3.63) is 34.9 Å². The molecular formula is C14H19ClN2O2. The van der Waals surface area contributed by atoms with Gasteiger partial charge in [0, 0.05) is 37.6 Å². The highest BCUT2D eigenvalue weighted by Gasteiger charge is 2.28. The highest BCUT2D eigenvalue weighted by Crippen LogP contribution is 2.19. The van der Waals surface area contributed by atoms with Gasteiger partial charge in [-0.1, -0.05) is 29.8 Å². The van der Waals surface area contributed by atoms with E-state index >= 15 is 0 Å². The lowest BCUT2D eigenvalue weighted by molar-refractivity contribution is -0.144. The van der Waals surface area contributed by atoms with Crippen LogP contribution in [0.4, 0.5) is 0 Å². The van der Waals surface area contributed by atoms with Gasteiger partial charge in [-0.25, -0.2) is 0 Å². The van der Waals surface area contributed by atoms with Crippen LogP contribution in [-0.4, -0.2) is 60.1 Å². The van der Waals surface area contributed by atoms with Crippen molar-refractivity contribution >= 4 is 17.6 Å². The molecule has 1 saturated heterocycles. The first-order valence-corrected chi connectivity index (χ1v) is 6.84. The van der Waals surface area contributed by atoms with E-state index in [0.29, 0.717) is 11.4 Å². The van der Waals surface area contributed by atoms with Crippen LogP contribution >= 0.6 is 11.6 Å². The van der Waals surface area contributed by atoms with Crippen LogP contribution in [0.25, 0.3) is 0 Å². The molecule has 0 amide bonds. The third-order valence-electron chi connectivity index (χ3n) is 3.63. The molecule has 0 aromatic heterocycles. The zero-order valence-electron chi connectivity index (χ0n) is 11.1. The van der Waals surface area contributed by atoms with E-state index in [0.717, 1.165) is 31.7 Å². The number of carbonyl (C=O) groups is 1. The highest BCUT2D eigenvalue weighted by molar-refractivity contribution is 6.31. The Labute approximate surface area is 118 Å². The molecule has 1 aliphatic rings. The molecule has 5 heteroatoms. The molecule has 1 aromatic carbocycles. The van der Waals surface area contributed by atoms with Gasteiger partial charge in [-0.05, 0) is 18.7 Å². The average molecular weight is 283 g/mol. The zero-order chi connectivity index (χ0) is 13.8. The summed E-state index contributed by atoms with van der Waals surface area (Å²) in [7, 11) is 2.06. The minimum atomic E-state index is -0.774. The van der Waals surface area contributed by atoms with Gasteiger partial charge < -0.3 is 10.0 Å². The van der Waals surface area contributed by atoms with Crippen LogP contribution in [-0.2, 0) is 11.2 Å². The Morgan fingerprint density at radius 2 is 1.95 bits per heavy atom. The van der Waals surface area contributed by atoms with Crippen molar-refractivity contribution in [1.29, 1.82) is 0 Å². The molecule has 1 fully saturated rings. The number of aliphatic carboxylic acids is 1. The first-order valence-electron chi connectivity index (χ1n) is 6.46. The molecule has 0 unspecified atom stereocenters. The Hall–Kier alpha value is -1.10. The number of carboxylic acids is 1. The van der Waals surface area contributed by atoms with Crippen LogP contribution in [0.2, 0.25) is 5.02 Å². The predicted molar refractivity (Wildman–Crippen MR) is 75.6 cm³/mol. The maximum absolute atomic E-state index is 11.5. The Morgan fingerprint density at radius 3 is 2.53 bits per heavy atom. The van der Waals surface area contributed by atoms with Crippen molar-refractivity contribution in [2.45, 2.75) is 12.5 Å². The second-order valence-electron chi connectivity index (χ2n) is 4.99. The monoisotopic (exact) mass is 282 g/mol. The highest BCUT2D eigenvalue weighted by atomic mass is 35.5. The summed E-state index contributed by atoms with van der Waals surface area (Å²) < 4.78 is 0. The lowest BCUT2D eigenvalue weighted by Gasteiger charge is -2.36. The third-order valence-corrected chi connectivity index (χ3v) is 4.00. The third kappa shape index (κ3) is 3.69. The van der Waals surface area contributed by atoms with Gasteiger partial charge in [0.15, 0.2) is 0 Å². The molecule has 19 heavy (non-hydrogen) atoms. The Kier molecular flexibility index (Phi) is 4.80. The Bertz CT molecular complexity index is 445. The molecular weight excluding hydrogens is 264 g/mol. The normalized spacial score (nSPS) is 19.3. The summed E-state index contributed by atoms with van der Waals surface area (Å²) in [6.45, 7) is 3.40. The molecule has 0 radical (unpaired) electrons. The number of carboxylic acid groups (broad SMARTS) is 1. The molecule has 4 nitrogen and oxygen atoms in total. The fraction of sp³-hybridized carbons (Fsp3) is 0.500. The maximum Gasteiger partial charge on any atom is 0.321 e. The van der Waals surface area contributed by atoms with Crippen molar-refractivity contribution < 1.29 is 9.90 Å². The summed E-state index contributed by atoms with van der Waals surface area (Å²) >= 11 is 6.12. The lowest BCUT2D eigenvalue weighted by Crippen LogP contribution is -2.52. The van der Waals surface area contributed by atoms with Crippen LogP contribution < -0.4 is 0 Å².